The van der Waals surface area contributed by atoms with Crippen LogP contribution in [0.3, 0.4) is 0 Å². The highest BCUT2D eigenvalue weighted by Crippen LogP contribution is 2.36. The summed E-state index contributed by atoms with van der Waals surface area (Å²) < 4.78 is 18.5. The van der Waals surface area contributed by atoms with Crippen LogP contribution in [0.4, 0.5) is 20.6 Å². The summed E-state index contributed by atoms with van der Waals surface area (Å²) in [5.74, 6) is -3.13. The topological polar surface area (TPSA) is 151 Å². The molecular formula is C19H15FN4O7. The minimum Gasteiger partial charge on any atom is -0.504 e. The Morgan fingerprint density at radius 1 is 1.35 bits per heavy atom. The minimum atomic E-state index is -0.934. The van der Waals surface area contributed by atoms with E-state index in [1.54, 1.807) is 0 Å². The van der Waals surface area contributed by atoms with E-state index in [0.717, 1.165) is 24.3 Å². The number of hydrogen-bond acceptors (Lipinski definition) is 7. The van der Waals surface area contributed by atoms with Gasteiger partial charge >= 0.3 is 6.03 Å². The molecule has 160 valence electrons. The lowest BCUT2D eigenvalue weighted by Crippen LogP contribution is -2.38. The maximum absolute atomic E-state index is 13.6. The molecule has 2 aromatic rings. The van der Waals surface area contributed by atoms with E-state index in [4.69, 9.17) is 4.74 Å². The number of ether oxygens (including phenoxy) is 1. The van der Waals surface area contributed by atoms with Crippen molar-refractivity contribution in [2.24, 2.45) is 0 Å². The molecule has 3 N–H and O–H groups in total. The fourth-order valence-corrected chi connectivity index (χ4v) is 2.75. The van der Waals surface area contributed by atoms with Gasteiger partial charge in [0.15, 0.2) is 11.5 Å². The molecule has 4 amide bonds. The summed E-state index contributed by atoms with van der Waals surface area (Å²) in [5, 5.41) is 25.7. The number of benzene rings is 2. The van der Waals surface area contributed by atoms with E-state index in [0.29, 0.717) is 4.90 Å². The maximum atomic E-state index is 13.6. The van der Waals surface area contributed by atoms with Gasteiger partial charge in [0.05, 0.1) is 23.8 Å². The highest BCUT2D eigenvalue weighted by Gasteiger charge is 2.35. The lowest BCUT2D eigenvalue weighted by atomic mass is 10.1. The van der Waals surface area contributed by atoms with Gasteiger partial charge in [-0.2, -0.15) is 0 Å². The number of halogens is 1. The maximum Gasteiger partial charge on any atom is 0.329 e. The molecule has 2 aromatic carbocycles. The molecule has 0 saturated carbocycles. The number of carbonyl (C=O) groups is 3. The average molecular weight is 430 g/mol. The number of amides is 4. The number of phenolic OH excluding ortho intramolecular Hbond substituents is 1. The summed E-state index contributed by atoms with van der Waals surface area (Å²) >= 11 is 0. The van der Waals surface area contributed by atoms with E-state index in [1.165, 1.54) is 25.3 Å². The van der Waals surface area contributed by atoms with Gasteiger partial charge in [-0.3, -0.25) is 19.7 Å². The van der Waals surface area contributed by atoms with E-state index >= 15 is 0 Å². The molecule has 1 heterocycles. The van der Waals surface area contributed by atoms with Crippen LogP contribution < -0.4 is 15.4 Å². The van der Waals surface area contributed by atoms with Crippen molar-refractivity contribution < 1.29 is 33.5 Å². The first-order valence-corrected chi connectivity index (χ1v) is 8.65. The number of imide groups is 1. The molecule has 1 fully saturated rings. The smallest absolute Gasteiger partial charge is 0.329 e. The predicted molar refractivity (Wildman–Crippen MR) is 105 cm³/mol. The summed E-state index contributed by atoms with van der Waals surface area (Å²) in [6, 6.07) is 6.40. The van der Waals surface area contributed by atoms with Crippen LogP contribution in [0.5, 0.6) is 11.5 Å². The highest BCUT2D eigenvalue weighted by molar-refractivity contribution is 6.16. The van der Waals surface area contributed by atoms with Gasteiger partial charge in [-0.1, -0.05) is 12.1 Å². The van der Waals surface area contributed by atoms with Crippen molar-refractivity contribution in [1.82, 2.24) is 10.2 Å². The summed E-state index contributed by atoms with van der Waals surface area (Å²) in [7, 11) is 1.19. The van der Waals surface area contributed by atoms with E-state index in [1.807, 2.05) is 0 Å². The Balaban J connectivity index is 1.82. The Bertz CT molecular complexity index is 1130. The van der Waals surface area contributed by atoms with E-state index in [-0.39, 0.29) is 22.7 Å². The van der Waals surface area contributed by atoms with Crippen molar-refractivity contribution >= 4 is 35.3 Å². The molecule has 3 rings (SSSR count). The van der Waals surface area contributed by atoms with Gasteiger partial charge < -0.3 is 20.5 Å². The van der Waals surface area contributed by atoms with Gasteiger partial charge in [0.1, 0.15) is 18.1 Å². The molecule has 11 nitrogen and oxygen atoms in total. The van der Waals surface area contributed by atoms with Crippen LogP contribution in [0.2, 0.25) is 0 Å². The summed E-state index contributed by atoms with van der Waals surface area (Å²) in [6.07, 6.45) is 1.01. The lowest BCUT2D eigenvalue weighted by molar-refractivity contribution is -0.385. The van der Waals surface area contributed by atoms with Gasteiger partial charge in [0.2, 0.25) is 5.91 Å². The summed E-state index contributed by atoms with van der Waals surface area (Å²) in [5.41, 5.74) is -1.03. The lowest BCUT2D eigenvalue weighted by Gasteiger charge is -2.12. The van der Waals surface area contributed by atoms with Crippen molar-refractivity contribution in [1.29, 1.82) is 0 Å². The van der Waals surface area contributed by atoms with Crippen LogP contribution >= 0.6 is 0 Å². The Morgan fingerprint density at radius 3 is 2.71 bits per heavy atom. The van der Waals surface area contributed by atoms with Crippen molar-refractivity contribution in [3.8, 4) is 11.5 Å². The third-order valence-corrected chi connectivity index (χ3v) is 4.23. The highest BCUT2D eigenvalue weighted by atomic mass is 19.1. The first-order valence-electron chi connectivity index (χ1n) is 8.65. The second-order valence-corrected chi connectivity index (χ2v) is 6.25. The number of para-hydroxylation sites is 1. The third-order valence-electron chi connectivity index (χ3n) is 4.23. The van der Waals surface area contributed by atoms with Crippen molar-refractivity contribution in [3.63, 3.8) is 0 Å². The fourth-order valence-electron chi connectivity index (χ4n) is 2.75. The van der Waals surface area contributed by atoms with E-state index in [9.17, 15) is 34.0 Å². The fraction of sp³-hybridized carbons (Fsp3) is 0.105. The number of urea groups is 1. The second kappa shape index (κ2) is 8.49. The van der Waals surface area contributed by atoms with E-state index < -0.39 is 46.6 Å². The predicted octanol–water partition coefficient (Wildman–Crippen LogP) is 1.98. The molecule has 0 atom stereocenters. The molecule has 1 aliphatic rings. The molecule has 1 saturated heterocycles. The van der Waals surface area contributed by atoms with Crippen molar-refractivity contribution in [2.75, 3.05) is 19.0 Å². The molecule has 0 unspecified atom stereocenters. The Morgan fingerprint density at radius 2 is 2.06 bits per heavy atom. The number of carbonyl (C=O) groups excluding carboxylic acids is 3. The van der Waals surface area contributed by atoms with E-state index in [2.05, 4.69) is 10.6 Å². The quantitative estimate of drug-likeness (QED) is 0.274. The van der Waals surface area contributed by atoms with Crippen LogP contribution in [-0.2, 0) is 9.59 Å². The zero-order chi connectivity index (χ0) is 22.7. The largest absolute Gasteiger partial charge is 0.504 e. The number of anilines is 1. The summed E-state index contributed by atoms with van der Waals surface area (Å²) in [4.78, 5) is 47.7. The SMILES string of the molecule is COc1cc([N+](=O)[O-])cc(/C=C2/NC(=O)N(CC(=O)Nc3ccccc3F)C2=O)c1O. The number of nitrogens with zero attached hydrogens (tertiary/aromatic N) is 2. The monoisotopic (exact) mass is 430 g/mol. The number of nitro benzene ring substituents is 1. The molecule has 12 heteroatoms. The van der Waals surface area contributed by atoms with Gasteiger partial charge in [-0.15, -0.1) is 0 Å². The molecule has 31 heavy (non-hydrogen) atoms. The Hall–Kier alpha value is -4.48. The number of nitrogens with one attached hydrogen (secondary N) is 2. The third kappa shape index (κ3) is 4.42. The molecular weight excluding hydrogens is 415 g/mol. The van der Waals surface area contributed by atoms with Crippen LogP contribution in [0.1, 0.15) is 5.56 Å². The Labute approximate surface area is 173 Å². The van der Waals surface area contributed by atoms with Gasteiger partial charge in [0.25, 0.3) is 11.6 Å². The molecule has 1 aliphatic heterocycles. The zero-order valence-electron chi connectivity index (χ0n) is 15.9. The van der Waals surface area contributed by atoms with Gasteiger partial charge in [0, 0.05) is 11.6 Å². The summed E-state index contributed by atoms with van der Waals surface area (Å²) in [6.45, 7) is -0.708. The van der Waals surface area contributed by atoms with Crippen molar-refractivity contribution in [2.45, 2.75) is 0 Å². The number of phenols is 1. The molecule has 0 bridgehead atoms. The molecule has 0 aromatic heterocycles. The number of methoxy groups -OCH3 is 1. The standard InChI is InChI=1S/C19H15FN4O7/c1-31-15-8-11(24(29)30)6-10(17(15)26)7-14-18(27)23(19(28)22-14)9-16(25)21-13-5-3-2-4-12(13)20/h2-8,26H,9H2,1H3,(H,21,25)(H,22,28)/b14-7+. The average Bonchev–Trinajstić information content (AvgIpc) is 2.98. The molecule has 0 radical (unpaired) electrons. The number of hydrogen-bond donors (Lipinski definition) is 3. The van der Waals surface area contributed by atoms with Crippen molar-refractivity contribution in [3.05, 3.63) is 63.6 Å². The Kier molecular flexibility index (Phi) is 5.81. The minimum absolute atomic E-state index is 0.121. The van der Waals surface area contributed by atoms with Crippen LogP contribution in [0.25, 0.3) is 6.08 Å². The zero-order valence-corrected chi connectivity index (χ0v) is 15.9. The first-order chi connectivity index (χ1) is 14.7. The number of aromatic hydroxyl groups is 1. The van der Waals surface area contributed by atoms with Gasteiger partial charge in [-0.25, -0.2) is 14.1 Å². The first kappa shape index (κ1) is 21.2. The van der Waals surface area contributed by atoms with Crippen LogP contribution in [0, 0.1) is 15.9 Å². The molecule has 0 aliphatic carbocycles. The van der Waals surface area contributed by atoms with Crippen LogP contribution in [0.15, 0.2) is 42.1 Å². The normalized spacial score (nSPS) is 14.5. The second-order valence-electron chi connectivity index (χ2n) is 6.25. The number of nitro groups is 1. The number of rotatable bonds is 6. The van der Waals surface area contributed by atoms with Gasteiger partial charge in [-0.05, 0) is 18.2 Å². The number of non-ortho nitro benzene ring substituents is 1. The molecule has 0 spiro atoms. The van der Waals surface area contributed by atoms with Crippen LogP contribution in [-0.4, -0.2) is 46.4 Å².